The highest BCUT2D eigenvalue weighted by atomic mass is 35.5. The van der Waals surface area contributed by atoms with E-state index in [2.05, 4.69) is 10.2 Å². The van der Waals surface area contributed by atoms with Crippen molar-refractivity contribution in [1.82, 2.24) is 19.8 Å². The number of thioether (sulfide) groups is 1. The molecule has 30 heavy (non-hydrogen) atoms. The maximum absolute atomic E-state index is 13.2. The van der Waals surface area contributed by atoms with E-state index in [1.54, 1.807) is 36.6 Å². The van der Waals surface area contributed by atoms with Crippen molar-refractivity contribution in [3.63, 3.8) is 0 Å². The zero-order chi connectivity index (χ0) is 21.3. The van der Waals surface area contributed by atoms with Crippen LogP contribution in [0.3, 0.4) is 0 Å². The molecular weight excluding hydrogens is 426 g/mol. The van der Waals surface area contributed by atoms with Crippen LogP contribution in [0.25, 0.3) is 11.4 Å². The number of likely N-dealkylation sites (tertiary alicyclic amines) is 1. The Labute approximate surface area is 182 Å². The highest BCUT2D eigenvalue weighted by Crippen LogP contribution is 2.31. The van der Waals surface area contributed by atoms with E-state index in [1.807, 2.05) is 6.92 Å². The van der Waals surface area contributed by atoms with Crippen molar-refractivity contribution in [2.45, 2.75) is 36.6 Å². The standard InChI is InChI=1S/C20H20ClN5O3S/c1-12-15(9-11-29-12)17-23-24-20(26(17)22)30-16-4-2-3-10-25(19(16)28)18(27)13-5-7-14(21)8-6-13/h5-9,11,16H,2-4,10,22H2,1H3. The molecule has 4 rings (SSSR count). The molecule has 0 aliphatic carbocycles. The highest BCUT2D eigenvalue weighted by molar-refractivity contribution is 8.00. The van der Waals surface area contributed by atoms with Crippen LogP contribution in [0, 0.1) is 6.92 Å². The van der Waals surface area contributed by atoms with E-state index in [9.17, 15) is 9.59 Å². The average molecular weight is 446 g/mol. The van der Waals surface area contributed by atoms with Gasteiger partial charge in [0.25, 0.3) is 5.91 Å². The van der Waals surface area contributed by atoms with Gasteiger partial charge in [-0.05, 0) is 50.1 Å². The maximum atomic E-state index is 13.2. The van der Waals surface area contributed by atoms with Crippen LogP contribution in [0.1, 0.15) is 35.4 Å². The number of carbonyl (C=O) groups excluding carboxylic acids is 2. The molecule has 1 aromatic carbocycles. The Bertz CT molecular complexity index is 1080. The number of benzene rings is 1. The van der Waals surface area contributed by atoms with Gasteiger partial charge in [0.05, 0.1) is 17.1 Å². The van der Waals surface area contributed by atoms with Crippen molar-refractivity contribution in [3.8, 4) is 11.4 Å². The lowest BCUT2D eigenvalue weighted by Crippen LogP contribution is -2.41. The zero-order valence-corrected chi connectivity index (χ0v) is 17.8. The van der Waals surface area contributed by atoms with E-state index in [4.69, 9.17) is 21.9 Å². The Morgan fingerprint density at radius 3 is 2.70 bits per heavy atom. The van der Waals surface area contributed by atoms with Crippen LogP contribution in [0.2, 0.25) is 5.02 Å². The average Bonchev–Trinajstić information content (AvgIpc) is 3.26. The third kappa shape index (κ3) is 3.95. The van der Waals surface area contributed by atoms with Crippen molar-refractivity contribution in [2.24, 2.45) is 0 Å². The van der Waals surface area contributed by atoms with Gasteiger partial charge in [0.2, 0.25) is 11.1 Å². The lowest BCUT2D eigenvalue weighted by atomic mass is 10.2. The van der Waals surface area contributed by atoms with E-state index < -0.39 is 5.25 Å². The number of nitrogen functional groups attached to an aromatic ring is 1. The molecule has 2 N–H and O–H groups in total. The van der Waals surface area contributed by atoms with Gasteiger partial charge in [0.15, 0.2) is 5.82 Å². The number of aromatic nitrogens is 3. The third-order valence-corrected chi connectivity index (χ3v) is 6.45. The van der Waals surface area contributed by atoms with Crippen molar-refractivity contribution >= 4 is 35.2 Å². The molecule has 1 saturated heterocycles. The molecule has 1 unspecified atom stereocenters. The van der Waals surface area contributed by atoms with E-state index >= 15 is 0 Å². The van der Waals surface area contributed by atoms with Gasteiger partial charge in [-0.3, -0.25) is 14.5 Å². The predicted molar refractivity (Wildman–Crippen MR) is 114 cm³/mol. The fourth-order valence-corrected chi connectivity index (χ4v) is 4.53. The molecule has 8 nitrogen and oxygen atoms in total. The third-order valence-electron chi connectivity index (χ3n) is 4.99. The van der Waals surface area contributed by atoms with Crippen LogP contribution >= 0.6 is 23.4 Å². The Morgan fingerprint density at radius 2 is 2.00 bits per heavy atom. The number of carbonyl (C=O) groups is 2. The van der Waals surface area contributed by atoms with Crippen molar-refractivity contribution in [2.75, 3.05) is 12.4 Å². The van der Waals surface area contributed by atoms with Gasteiger partial charge in [0.1, 0.15) is 5.76 Å². The summed E-state index contributed by atoms with van der Waals surface area (Å²) in [7, 11) is 0. The van der Waals surface area contributed by atoms with Crippen molar-refractivity contribution < 1.29 is 14.0 Å². The molecule has 0 spiro atoms. The summed E-state index contributed by atoms with van der Waals surface area (Å²) in [5.41, 5.74) is 1.17. The minimum absolute atomic E-state index is 0.249. The molecule has 2 amide bonds. The minimum atomic E-state index is -0.478. The van der Waals surface area contributed by atoms with E-state index in [-0.39, 0.29) is 11.8 Å². The van der Waals surface area contributed by atoms with Crippen molar-refractivity contribution in [3.05, 3.63) is 52.9 Å². The lowest BCUT2D eigenvalue weighted by Gasteiger charge is -2.22. The second-order valence-corrected chi connectivity index (χ2v) is 8.58. The number of furan rings is 1. The summed E-state index contributed by atoms with van der Waals surface area (Å²) in [6.07, 6.45) is 3.75. The summed E-state index contributed by atoms with van der Waals surface area (Å²) in [6, 6.07) is 8.29. The van der Waals surface area contributed by atoms with Crippen LogP contribution in [-0.4, -0.2) is 43.4 Å². The SMILES string of the molecule is Cc1occc1-c1nnc(SC2CCCCN(C(=O)c3ccc(Cl)cc3)C2=O)n1N. The smallest absolute Gasteiger partial charge is 0.260 e. The normalized spacial score (nSPS) is 17.2. The van der Waals surface area contributed by atoms with Gasteiger partial charge < -0.3 is 10.3 Å². The Morgan fingerprint density at radius 1 is 1.23 bits per heavy atom. The Hall–Kier alpha value is -2.78. The fraction of sp³-hybridized carbons (Fsp3) is 0.300. The Balaban J connectivity index is 1.55. The zero-order valence-electron chi connectivity index (χ0n) is 16.2. The van der Waals surface area contributed by atoms with Crippen LogP contribution in [-0.2, 0) is 4.79 Å². The summed E-state index contributed by atoms with van der Waals surface area (Å²) in [6.45, 7) is 2.19. The van der Waals surface area contributed by atoms with E-state index in [1.165, 1.54) is 21.3 Å². The molecule has 156 valence electrons. The summed E-state index contributed by atoms with van der Waals surface area (Å²) >= 11 is 7.13. The quantitative estimate of drug-likeness (QED) is 0.483. The number of imide groups is 1. The van der Waals surface area contributed by atoms with Gasteiger partial charge in [-0.15, -0.1) is 10.2 Å². The molecule has 1 aliphatic rings. The van der Waals surface area contributed by atoms with Gasteiger partial charge in [-0.25, -0.2) is 4.68 Å². The summed E-state index contributed by atoms with van der Waals surface area (Å²) in [5.74, 6) is 6.75. The number of rotatable bonds is 4. The first-order valence-corrected chi connectivity index (χ1v) is 10.7. The van der Waals surface area contributed by atoms with E-state index in [0.717, 1.165) is 18.4 Å². The number of nitrogens with zero attached hydrogens (tertiary/aromatic N) is 4. The van der Waals surface area contributed by atoms with Gasteiger partial charge in [-0.2, -0.15) is 0 Å². The number of amides is 2. The molecule has 1 fully saturated rings. The first-order valence-electron chi connectivity index (χ1n) is 9.48. The largest absolute Gasteiger partial charge is 0.469 e. The summed E-state index contributed by atoms with van der Waals surface area (Å²) in [4.78, 5) is 27.4. The number of halogens is 1. The predicted octanol–water partition coefficient (Wildman–Crippen LogP) is 3.53. The molecule has 3 heterocycles. The molecule has 1 atom stereocenters. The number of hydrogen-bond donors (Lipinski definition) is 1. The number of nitrogens with two attached hydrogens (primary N) is 1. The van der Waals surface area contributed by atoms with Gasteiger partial charge in [-0.1, -0.05) is 29.8 Å². The van der Waals surface area contributed by atoms with Gasteiger partial charge in [0, 0.05) is 17.1 Å². The molecule has 0 radical (unpaired) electrons. The van der Waals surface area contributed by atoms with Crippen LogP contribution in [0.5, 0.6) is 0 Å². The maximum Gasteiger partial charge on any atom is 0.260 e. The minimum Gasteiger partial charge on any atom is -0.469 e. The number of aryl methyl sites for hydroxylation is 1. The molecule has 0 saturated carbocycles. The van der Waals surface area contributed by atoms with Crippen LogP contribution < -0.4 is 5.84 Å². The number of hydrogen-bond acceptors (Lipinski definition) is 7. The molecule has 10 heteroatoms. The second-order valence-electron chi connectivity index (χ2n) is 6.97. The highest BCUT2D eigenvalue weighted by Gasteiger charge is 2.33. The molecule has 0 bridgehead atoms. The molecule has 3 aromatic rings. The van der Waals surface area contributed by atoms with Crippen LogP contribution in [0.4, 0.5) is 0 Å². The van der Waals surface area contributed by atoms with E-state index in [0.29, 0.717) is 40.3 Å². The fourth-order valence-electron chi connectivity index (χ4n) is 3.35. The lowest BCUT2D eigenvalue weighted by molar-refractivity contribution is -0.127. The first kappa shape index (κ1) is 20.5. The molecule has 2 aromatic heterocycles. The molecule has 1 aliphatic heterocycles. The molecular formula is C20H20ClN5O3S. The monoisotopic (exact) mass is 445 g/mol. The first-order chi connectivity index (χ1) is 14.5. The second kappa shape index (κ2) is 8.53. The Kier molecular flexibility index (Phi) is 5.83. The van der Waals surface area contributed by atoms with Gasteiger partial charge >= 0.3 is 0 Å². The topological polar surface area (TPSA) is 107 Å². The van der Waals surface area contributed by atoms with Crippen molar-refractivity contribution in [1.29, 1.82) is 0 Å². The van der Waals surface area contributed by atoms with Crippen LogP contribution in [0.15, 0.2) is 46.2 Å². The summed E-state index contributed by atoms with van der Waals surface area (Å²) in [5, 5.41) is 8.76. The summed E-state index contributed by atoms with van der Waals surface area (Å²) < 4.78 is 6.66.